The zero-order valence-electron chi connectivity index (χ0n) is 5.64. The van der Waals surface area contributed by atoms with E-state index in [1.165, 1.54) is 0 Å². The van der Waals surface area contributed by atoms with Gasteiger partial charge >= 0.3 is 5.97 Å². The van der Waals surface area contributed by atoms with Crippen LogP contribution in [0.4, 0.5) is 0 Å². The Morgan fingerprint density at radius 2 is 2.18 bits per heavy atom. The van der Waals surface area contributed by atoms with E-state index in [9.17, 15) is 4.79 Å². The van der Waals surface area contributed by atoms with Gasteiger partial charge in [-0.3, -0.25) is 9.79 Å². The van der Waals surface area contributed by atoms with E-state index in [1.807, 2.05) is 0 Å². The summed E-state index contributed by atoms with van der Waals surface area (Å²) in [7, 11) is 0. The van der Waals surface area contributed by atoms with Gasteiger partial charge in [-0.05, 0) is 6.08 Å². The number of aliphatic carboxylic acids is 1. The topological polar surface area (TPSA) is 49.7 Å². The van der Waals surface area contributed by atoms with Crippen molar-refractivity contribution in [1.82, 2.24) is 0 Å². The Hall–Kier alpha value is -0.540. The molecule has 0 amide bonds. The van der Waals surface area contributed by atoms with Crippen molar-refractivity contribution < 1.29 is 9.90 Å². The Balaban J connectivity index is 0. The number of aliphatic imine (C=N–C) groups is 1. The zero-order valence-corrected chi connectivity index (χ0v) is 7.27. The predicted molar refractivity (Wildman–Crippen MR) is 48.1 cm³/mol. The number of hydrogen-bond donors (Lipinski definition) is 1. The second-order valence-corrected chi connectivity index (χ2v) is 1.84. The standard InChI is InChI=1S/C6H7NO2.2ClH/c8-6(9)5-2-1-3-7-4-5;;/h1-3,5H,4H2,(H,8,9);2*1H. The number of rotatable bonds is 1. The second-order valence-electron chi connectivity index (χ2n) is 1.84. The van der Waals surface area contributed by atoms with Crippen molar-refractivity contribution in [3.63, 3.8) is 0 Å². The molecule has 1 aliphatic heterocycles. The average molecular weight is 198 g/mol. The summed E-state index contributed by atoms with van der Waals surface area (Å²) in [6.45, 7) is 0.381. The molecular weight excluding hydrogens is 189 g/mol. The lowest BCUT2D eigenvalue weighted by atomic mass is 10.1. The van der Waals surface area contributed by atoms with Gasteiger partial charge in [0.1, 0.15) is 0 Å². The lowest BCUT2D eigenvalue weighted by Crippen LogP contribution is -2.15. The molecule has 0 saturated heterocycles. The summed E-state index contributed by atoms with van der Waals surface area (Å²) in [5, 5.41) is 8.41. The van der Waals surface area contributed by atoms with Crippen molar-refractivity contribution in [3.05, 3.63) is 12.2 Å². The number of carbonyl (C=O) groups is 1. The van der Waals surface area contributed by atoms with E-state index < -0.39 is 11.9 Å². The van der Waals surface area contributed by atoms with Crippen molar-refractivity contribution in [2.24, 2.45) is 10.9 Å². The van der Waals surface area contributed by atoms with Crippen molar-refractivity contribution in [2.75, 3.05) is 6.54 Å². The van der Waals surface area contributed by atoms with Gasteiger partial charge in [-0.1, -0.05) is 6.08 Å². The van der Waals surface area contributed by atoms with Crippen LogP contribution in [0.1, 0.15) is 0 Å². The van der Waals surface area contributed by atoms with Crippen molar-refractivity contribution >= 4 is 37.0 Å². The fourth-order valence-electron chi connectivity index (χ4n) is 0.640. The minimum absolute atomic E-state index is 0. The summed E-state index contributed by atoms with van der Waals surface area (Å²) in [6, 6.07) is 0. The van der Waals surface area contributed by atoms with E-state index in [4.69, 9.17) is 5.11 Å². The molecule has 0 aliphatic carbocycles. The van der Waals surface area contributed by atoms with Gasteiger partial charge in [-0.2, -0.15) is 0 Å². The largest absolute Gasteiger partial charge is 0.481 e. The van der Waals surface area contributed by atoms with Crippen molar-refractivity contribution in [3.8, 4) is 0 Å². The van der Waals surface area contributed by atoms with Crippen LogP contribution in [0.5, 0.6) is 0 Å². The van der Waals surface area contributed by atoms with Crippen molar-refractivity contribution in [2.45, 2.75) is 0 Å². The molecule has 1 aliphatic rings. The third kappa shape index (κ3) is 4.01. The third-order valence-electron chi connectivity index (χ3n) is 1.15. The third-order valence-corrected chi connectivity index (χ3v) is 1.15. The summed E-state index contributed by atoms with van der Waals surface area (Å²) in [5.74, 6) is -1.21. The Labute approximate surface area is 77.0 Å². The van der Waals surface area contributed by atoms with Crippen LogP contribution in [0, 0.1) is 5.92 Å². The first-order valence-corrected chi connectivity index (χ1v) is 2.70. The van der Waals surface area contributed by atoms with Crippen LogP contribution in [0.3, 0.4) is 0 Å². The van der Waals surface area contributed by atoms with Gasteiger partial charge in [-0.25, -0.2) is 0 Å². The molecule has 1 atom stereocenters. The van der Waals surface area contributed by atoms with Gasteiger partial charge in [0.2, 0.25) is 0 Å². The van der Waals surface area contributed by atoms with Gasteiger partial charge in [-0.15, -0.1) is 24.8 Å². The van der Waals surface area contributed by atoms with Crippen LogP contribution >= 0.6 is 24.8 Å². The quantitative estimate of drug-likeness (QED) is 0.687. The molecule has 64 valence electrons. The summed E-state index contributed by atoms with van der Waals surface area (Å²) >= 11 is 0. The fraction of sp³-hybridized carbons (Fsp3) is 0.333. The molecule has 3 nitrogen and oxygen atoms in total. The van der Waals surface area contributed by atoms with E-state index >= 15 is 0 Å². The molecule has 0 spiro atoms. The predicted octanol–water partition coefficient (Wildman–Crippen LogP) is 1.17. The molecular formula is C6H9Cl2NO2. The SMILES string of the molecule is Cl.Cl.O=C(O)C1C=CC=NC1. The molecule has 0 radical (unpaired) electrons. The lowest BCUT2D eigenvalue weighted by molar-refractivity contribution is -0.139. The highest BCUT2D eigenvalue weighted by Gasteiger charge is 2.13. The number of carboxylic acids is 1. The molecule has 5 heteroatoms. The van der Waals surface area contributed by atoms with Crippen LogP contribution in [0.15, 0.2) is 17.1 Å². The number of halogens is 2. The first-order chi connectivity index (χ1) is 4.30. The summed E-state index contributed by atoms with van der Waals surface area (Å²) < 4.78 is 0. The molecule has 0 bridgehead atoms. The van der Waals surface area contributed by atoms with Gasteiger partial charge in [0, 0.05) is 6.21 Å². The Morgan fingerprint density at radius 3 is 2.45 bits per heavy atom. The van der Waals surface area contributed by atoms with Gasteiger partial charge in [0.15, 0.2) is 0 Å². The number of carboxylic acid groups (broad SMARTS) is 1. The normalized spacial score (nSPS) is 19.8. The lowest BCUT2D eigenvalue weighted by Gasteiger charge is -2.04. The highest BCUT2D eigenvalue weighted by Crippen LogP contribution is 2.02. The minimum atomic E-state index is -0.803. The van der Waals surface area contributed by atoms with Crippen LogP contribution in [-0.4, -0.2) is 23.8 Å². The molecule has 1 heterocycles. The molecule has 1 rings (SSSR count). The molecule has 0 aromatic heterocycles. The first-order valence-electron chi connectivity index (χ1n) is 2.70. The molecule has 0 saturated carbocycles. The number of hydrogen-bond acceptors (Lipinski definition) is 2. The highest BCUT2D eigenvalue weighted by atomic mass is 35.5. The monoisotopic (exact) mass is 197 g/mol. The Morgan fingerprint density at radius 1 is 1.55 bits per heavy atom. The molecule has 0 aromatic rings. The highest BCUT2D eigenvalue weighted by molar-refractivity contribution is 5.85. The van der Waals surface area contributed by atoms with Gasteiger partial charge < -0.3 is 5.11 Å². The van der Waals surface area contributed by atoms with Crippen LogP contribution in [0.2, 0.25) is 0 Å². The molecule has 0 aromatic carbocycles. The van der Waals surface area contributed by atoms with Crippen molar-refractivity contribution in [1.29, 1.82) is 0 Å². The minimum Gasteiger partial charge on any atom is -0.481 e. The maximum atomic E-state index is 10.2. The molecule has 11 heavy (non-hydrogen) atoms. The van der Waals surface area contributed by atoms with E-state index in [1.54, 1.807) is 18.4 Å². The Kier molecular flexibility index (Phi) is 7.36. The van der Waals surface area contributed by atoms with Crippen LogP contribution in [-0.2, 0) is 4.79 Å². The summed E-state index contributed by atoms with van der Waals surface area (Å²) in [5.41, 5.74) is 0. The van der Waals surface area contributed by atoms with Gasteiger partial charge in [0.25, 0.3) is 0 Å². The summed E-state index contributed by atoms with van der Waals surface area (Å²) in [4.78, 5) is 14.0. The Bertz CT molecular complexity index is 179. The van der Waals surface area contributed by atoms with E-state index in [0.717, 1.165) is 0 Å². The summed E-state index contributed by atoms with van der Waals surface area (Å²) in [6.07, 6.45) is 4.90. The van der Waals surface area contributed by atoms with Crippen LogP contribution in [0.25, 0.3) is 0 Å². The first kappa shape index (κ1) is 13.1. The van der Waals surface area contributed by atoms with E-state index in [2.05, 4.69) is 4.99 Å². The molecule has 1 N–H and O–H groups in total. The van der Waals surface area contributed by atoms with Gasteiger partial charge in [0.05, 0.1) is 12.5 Å². The molecule has 0 fully saturated rings. The molecule has 1 unspecified atom stereocenters. The number of allylic oxidation sites excluding steroid dienone is 1. The van der Waals surface area contributed by atoms with E-state index in [0.29, 0.717) is 6.54 Å². The van der Waals surface area contributed by atoms with Crippen LogP contribution < -0.4 is 0 Å². The second kappa shape index (κ2) is 6.19. The van der Waals surface area contributed by atoms with E-state index in [-0.39, 0.29) is 24.8 Å². The smallest absolute Gasteiger partial charge is 0.312 e. The zero-order chi connectivity index (χ0) is 6.69. The maximum Gasteiger partial charge on any atom is 0.312 e. The fourth-order valence-corrected chi connectivity index (χ4v) is 0.640. The number of dihydropyridines is 1. The maximum absolute atomic E-state index is 10.2. The average Bonchev–Trinajstić information content (AvgIpc) is 1.90. The number of nitrogens with zero attached hydrogens (tertiary/aromatic N) is 1.